The van der Waals surface area contributed by atoms with Gasteiger partial charge in [-0.3, -0.25) is 9.78 Å². The summed E-state index contributed by atoms with van der Waals surface area (Å²) in [6, 6.07) is 5.56. The van der Waals surface area contributed by atoms with Crippen molar-refractivity contribution in [2.24, 2.45) is 0 Å². The lowest BCUT2D eigenvalue weighted by Gasteiger charge is -2.33. The fourth-order valence-corrected chi connectivity index (χ4v) is 3.07. The monoisotopic (exact) mass is 353 g/mol. The van der Waals surface area contributed by atoms with E-state index in [1.54, 1.807) is 17.0 Å². The number of carbonyl (C=O) groups is 1. The molecule has 0 N–H and O–H groups in total. The highest BCUT2D eigenvalue weighted by Gasteiger charge is 2.33. The summed E-state index contributed by atoms with van der Waals surface area (Å²) >= 11 is 0. The van der Waals surface area contributed by atoms with Crippen molar-refractivity contribution in [1.29, 1.82) is 0 Å². The molecule has 1 fully saturated rings. The van der Waals surface area contributed by atoms with Gasteiger partial charge in [0.15, 0.2) is 0 Å². The van der Waals surface area contributed by atoms with Crippen LogP contribution in [0.25, 0.3) is 11.4 Å². The minimum atomic E-state index is -0.328. The van der Waals surface area contributed by atoms with Gasteiger partial charge in [0.1, 0.15) is 17.6 Å². The number of likely N-dealkylation sites (tertiary alicyclic amines) is 1. The van der Waals surface area contributed by atoms with Crippen LogP contribution in [0.2, 0.25) is 0 Å². The number of hydrogen-bond acceptors (Lipinski definition) is 6. The summed E-state index contributed by atoms with van der Waals surface area (Å²) in [4.78, 5) is 27.0. The molecule has 1 saturated heterocycles. The van der Waals surface area contributed by atoms with Crippen molar-refractivity contribution in [2.75, 3.05) is 6.54 Å². The van der Waals surface area contributed by atoms with Crippen LogP contribution in [0.3, 0.4) is 0 Å². The van der Waals surface area contributed by atoms with E-state index in [0.29, 0.717) is 23.8 Å². The van der Waals surface area contributed by atoms with E-state index in [0.717, 1.165) is 19.3 Å². The molecule has 4 rings (SSSR count). The molecule has 0 radical (unpaired) electrons. The first-order chi connectivity index (χ1) is 12.7. The summed E-state index contributed by atoms with van der Waals surface area (Å²) in [6.07, 6.45) is 7.07. The standard InChI is InChI=1S/C18H16FN5O2/c19-13-6-4-12(5-7-13)16-22-17(26-23-16)15-3-1-2-10-24(15)18(25)14-11-20-8-9-21-14/h4-9,11,15H,1-3,10H2/t15-/m1/s1. The fraction of sp³-hybridized carbons (Fsp3) is 0.278. The van der Waals surface area contributed by atoms with Gasteiger partial charge in [-0.2, -0.15) is 4.98 Å². The lowest BCUT2D eigenvalue weighted by Crippen LogP contribution is -2.39. The second kappa shape index (κ2) is 6.99. The van der Waals surface area contributed by atoms with E-state index in [4.69, 9.17) is 4.52 Å². The van der Waals surface area contributed by atoms with Gasteiger partial charge in [-0.05, 0) is 43.5 Å². The molecule has 0 saturated carbocycles. The zero-order valence-corrected chi connectivity index (χ0v) is 13.9. The average molecular weight is 353 g/mol. The second-order valence-electron chi connectivity index (χ2n) is 6.06. The molecule has 3 aromatic rings. The molecule has 1 aromatic carbocycles. The Balaban J connectivity index is 1.61. The van der Waals surface area contributed by atoms with Crippen molar-refractivity contribution in [3.63, 3.8) is 0 Å². The number of hydrogen-bond donors (Lipinski definition) is 0. The van der Waals surface area contributed by atoms with Gasteiger partial charge < -0.3 is 9.42 Å². The number of piperidine rings is 1. The van der Waals surface area contributed by atoms with Gasteiger partial charge in [0, 0.05) is 24.5 Å². The topological polar surface area (TPSA) is 85.0 Å². The smallest absolute Gasteiger partial charge is 0.274 e. The Labute approximate surface area is 148 Å². The predicted octanol–water partition coefficient (Wildman–Crippen LogP) is 3.03. The maximum Gasteiger partial charge on any atom is 0.274 e. The molecule has 7 nitrogen and oxygen atoms in total. The Morgan fingerprint density at radius 3 is 2.81 bits per heavy atom. The van der Waals surface area contributed by atoms with E-state index in [9.17, 15) is 9.18 Å². The summed E-state index contributed by atoms with van der Waals surface area (Å²) in [7, 11) is 0. The average Bonchev–Trinajstić information content (AvgIpc) is 3.19. The van der Waals surface area contributed by atoms with Crippen LogP contribution in [-0.4, -0.2) is 37.5 Å². The normalized spacial score (nSPS) is 17.3. The maximum atomic E-state index is 13.1. The maximum absolute atomic E-state index is 13.1. The van der Waals surface area contributed by atoms with Crippen LogP contribution in [0.1, 0.15) is 41.7 Å². The Bertz CT molecular complexity index is 897. The highest BCUT2D eigenvalue weighted by Crippen LogP contribution is 2.32. The van der Waals surface area contributed by atoms with E-state index in [2.05, 4.69) is 20.1 Å². The molecule has 0 bridgehead atoms. The summed E-state index contributed by atoms with van der Waals surface area (Å²) in [6.45, 7) is 0.592. The molecule has 132 valence electrons. The van der Waals surface area contributed by atoms with Gasteiger partial charge >= 0.3 is 0 Å². The van der Waals surface area contributed by atoms with Crippen LogP contribution in [0, 0.1) is 5.82 Å². The first-order valence-electron chi connectivity index (χ1n) is 8.39. The number of nitrogens with zero attached hydrogens (tertiary/aromatic N) is 5. The van der Waals surface area contributed by atoms with Crippen molar-refractivity contribution in [3.05, 3.63) is 60.3 Å². The minimum absolute atomic E-state index is 0.204. The minimum Gasteiger partial charge on any atom is -0.337 e. The van der Waals surface area contributed by atoms with Gasteiger partial charge in [-0.1, -0.05) is 5.16 Å². The van der Waals surface area contributed by atoms with E-state index in [1.165, 1.54) is 30.7 Å². The zero-order valence-electron chi connectivity index (χ0n) is 13.9. The van der Waals surface area contributed by atoms with Gasteiger partial charge in [-0.25, -0.2) is 9.37 Å². The van der Waals surface area contributed by atoms with E-state index in [1.807, 2.05) is 0 Å². The molecule has 0 unspecified atom stereocenters. The van der Waals surface area contributed by atoms with Crippen LogP contribution in [0.15, 0.2) is 47.4 Å². The number of benzene rings is 1. The van der Waals surface area contributed by atoms with Crippen LogP contribution in [0.4, 0.5) is 4.39 Å². The van der Waals surface area contributed by atoms with Crippen LogP contribution in [0.5, 0.6) is 0 Å². The Kier molecular flexibility index (Phi) is 4.39. The summed E-state index contributed by atoms with van der Waals surface area (Å²) in [5.74, 6) is 0.216. The Morgan fingerprint density at radius 2 is 2.04 bits per heavy atom. The number of halogens is 1. The molecule has 1 aliphatic heterocycles. The molecule has 8 heteroatoms. The Morgan fingerprint density at radius 1 is 1.19 bits per heavy atom. The van der Waals surface area contributed by atoms with Crippen molar-refractivity contribution in [3.8, 4) is 11.4 Å². The van der Waals surface area contributed by atoms with Crippen molar-refractivity contribution in [1.82, 2.24) is 25.0 Å². The van der Waals surface area contributed by atoms with Crippen LogP contribution < -0.4 is 0 Å². The predicted molar refractivity (Wildman–Crippen MR) is 89.4 cm³/mol. The molecular weight excluding hydrogens is 337 g/mol. The molecule has 0 spiro atoms. The van der Waals surface area contributed by atoms with Crippen molar-refractivity contribution >= 4 is 5.91 Å². The molecule has 3 heterocycles. The van der Waals surface area contributed by atoms with Gasteiger partial charge in [0.25, 0.3) is 5.91 Å². The van der Waals surface area contributed by atoms with Crippen LogP contribution in [-0.2, 0) is 0 Å². The molecule has 1 aliphatic rings. The fourth-order valence-electron chi connectivity index (χ4n) is 3.07. The highest BCUT2D eigenvalue weighted by molar-refractivity contribution is 5.92. The number of aromatic nitrogens is 4. The quantitative estimate of drug-likeness (QED) is 0.719. The molecule has 2 aromatic heterocycles. The third kappa shape index (κ3) is 3.17. The van der Waals surface area contributed by atoms with Crippen molar-refractivity contribution in [2.45, 2.75) is 25.3 Å². The van der Waals surface area contributed by atoms with E-state index >= 15 is 0 Å². The summed E-state index contributed by atoms with van der Waals surface area (Å²) in [5, 5.41) is 3.98. The lowest BCUT2D eigenvalue weighted by atomic mass is 10.0. The largest absolute Gasteiger partial charge is 0.337 e. The molecule has 26 heavy (non-hydrogen) atoms. The third-order valence-electron chi connectivity index (χ3n) is 4.38. The Hall–Kier alpha value is -3.16. The van der Waals surface area contributed by atoms with Gasteiger partial charge in [0.2, 0.25) is 11.7 Å². The lowest BCUT2D eigenvalue weighted by molar-refractivity contribution is 0.0555. The number of carbonyl (C=O) groups excluding carboxylic acids is 1. The molecule has 0 aliphatic carbocycles. The number of amides is 1. The highest BCUT2D eigenvalue weighted by atomic mass is 19.1. The van der Waals surface area contributed by atoms with Gasteiger partial charge in [0.05, 0.1) is 6.20 Å². The SMILES string of the molecule is O=C(c1cnccn1)N1CCCC[C@@H]1c1nc(-c2ccc(F)cc2)no1. The van der Waals surface area contributed by atoms with Crippen molar-refractivity contribution < 1.29 is 13.7 Å². The summed E-state index contributed by atoms with van der Waals surface area (Å²) < 4.78 is 18.5. The molecule has 1 amide bonds. The molecule has 1 atom stereocenters. The summed E-state index contributed by atoms with van der Waals surface area (Å²) in [5.41, 5.74) is 0.946. The second-order valence-corrected chi connectivity index (χ2v) is 6.06. The van der Waals surface area contributed by atoms with Crippen LogP contribution >= 0.6 is 0 Å². The van der Waals surface area contributed by atoms with Gasteiger partial charge in [-0.15, -0.1) is 0 Å². The van der Waals surface area contributed by atoms with E-state index in [-0.39, 0.29) is 23.5 Å². The first kappa shape index (κ1) is 16.3. The third-order valence-corrected chi connectivity index (χ3v) is 4.38. The first-order valence-corrected chi connectivity index (χ1v) is 8.39. The molecular formula is C18H16FN5O2. The zero-order chi connectivity index (χ0) is 17.9. The number of rotatable bonds is 3. The van der Waals surface area contributed by atoms with E-state index < -0.39 is 0 Å².